The molecule has 5 nitrogen and oxygen atoms in total. The normalized spacial score (nSPS) is 10.6. The third-order valence-electron chi connectivity index (χ3n) is 2.88. The molecule has 0 amide bonds. The lowest BCUT2D eigenvalue weighted by Crippen LogP contribution is -2.13. The molecule has 1 aromatic heterocycles. The average molecular weight is 322 g/mol. The molecule has 0 unspecified atom stereocenters. The fourth-order valence-corrected chi connectivity index (χ4v) is 2.64. The SMILES string of the molecule is CCC(=O)OCCOCCOc1cc(=O)sc2ccccc12. The Labute approximate surface area is 132 Å². The molecule has 0 N–H and O–H groups in total. The van der Waals surface area contributed by atoms with Gasteiger partial charge in [0.2, 0.25) is 4.74 Å². The highest BCUT2D eigenvalue weighted by molar-refractivity contribution is 7.16. The van der Waals surface area contributed by atoms with Gasteiger partial charge < -0.3 is 14.2 Å². The monoisotopic (exact) mass is 322 g/mol. The fraction of sp³-hybridized carbons (Fsp3) is 0.375. The van der Waals surface area contributed by atoms with Gasteiger partial charge in [-0.2, -0.15) is 0 Å². The summed E-state index contributed by atoms with van der Waals surface area (Å²) < 4.78 is 16.7. The Morgan fingerprint density at radius 1 is 1.14 bits per heavy atom. The maximum absolute atomic E-state index is 11.6. The van der Waals surface area contributed by atoms with Gasteiger partial charge in [-0.25, -0.2) is 0 Å². The van der Waals surface area contributed by atoms with Gasteiger partial charge in [-0.3, -0.25) is 9.59 Å². The van der Waals surface area contributed by atoms with E-state index in [2.05, 4.69) is 0 Å². The third-order valence-corrected chi connectivity index (χ3v) is 3.77. The summed E-state index contributed by atoms with van der Waals surface area (Å²) in [6.45, 7) is 3.02. The number of fused-ring (bicyclic) bond motifs is 1. The van der Waals surface area contributed by atoms with Crippen LogP contribution in [0.15, 0.2) is 35.1 Å². The fourth-order valence-electron chi connectivity index (χ4n) is 1.83. The van der Waals surface area contributed by atoms with E-state index in [4.69, 9.17) is 14.2 Å². The number of carbonyl (C=O) groups excluding carboxylic acids is 1. The number of esters is 1. The van der Waals surface area contributed by atoms with Crippen LogP contribution in [-0.2, 0) is 14.3 Å². The summed E-state index contributed by atoms with van der Waals surface area (Å²) in [6.07, 6.45) is 0.364. The zero-order valence-electron chi connectivity index (χ0n) is 12.4. The molecule has 2 aromatic rings. The predicted octanol–water partition coefficient (Wildman–Crippen LogP) is 2.61. The van der Waals surface area contributed by atoms with Gasteiger partial charge in [-0.1, -0.05) is 30.4 Å². The summed E-state index contributed by atoms with van der Waals surface area (Å²) in [5.74, 6) is 0.334. The van der Waals surface area contributed by atoms with Crippen LogP contribution in [0.5, 0.6) is 5.75 Å². The highest BCUT2D eigenvalue weighted by Crippen LogP contribution is 2.25. The van der Waals surface area contributed by atoms with Crippen molar-refractivity contribution in [3.63, 3.8) is 0 Å². The Morgan fingerprint density at radius 3 is 2.73 bits per heavy atom. The molecular weight excluding hydrogens is 304 g/mol. The van der Waals surface area contributed by atoms with Crippen molar-refractivity contribution in [3.05, 3.63) is 39.9 Å². The van der Waals surface area contributed by atoms with Crippen LogP contribution in [-0.4, -0.2) is 32.4 Å². The molecule has 0 aliphatic rings. The second kappa shape index (κ2) is 8.51. The second-order valence-electron chi connectivity index (χ2n) is 4.46. The minimum atomic E-state index is -0.236. The van der Waals surface area contributed by atoms with E-state index in [1.807, 2.05) is 24.3 Å². The standard InChI is InChI=1S/C16H18O5S/c1-2-15(17)21-10-8-19-7-9-20-13-11-16(18)22-14-6-4-3-5-12(13)14/h3-6,11H,2,7-10H2,1H3. The van der Waals surface area contributed by atoms with E-state index in [1.165, 1.54) is 17.4 Å². The first-order chi connectivity index (χ1) is 10.7. The molecule has 2 rings (SSSR count). The molecule has 118 valence electrons. The Bertz CT molecular complexity index is 680. The summed E-state index contributed by atoms with van der Waals surface area (Å²) in [4.78, 5) is 22.5. The lowest BCUT2D eigenvalue weighted by molar-refractivity contribution is -0.144. The Hall–Kier alpha value is -1.92. The smallest absolute Gasteiger partial charge is 0.305 e. The minimum absolute atomic E-state index is 0.0407. The van der Waals surface area contributed by atoms with E-state index in [0.29, 0.717) is 32.0 Å². The van der Waals surface area contributed by atoms with Gasteiger partial charge in [-0.15, -0.1) is 0 Å². The van der Waals surface area contributed by atoms with Crippen molar-refractivity contribution < 1.29 is 19.0 Å². The average Bonchev–Trinajstić information content (AvgIpc) is 2.53. The topological polar surface area (TPSA) is 61.8 Å². The van der Waals surface area contributed by atoms with Gasteiger partial charge in [0.1, 0.15) is 19.0 Å². The Kier molecular flexibility index (Phi) is 6.36. The molecule has 0 aliphatic heterocycles. The van der Waals surface area contributed by atoms with Crippen LogP contribution in [0.3, 0.4) is 0 Å². The summed E-state index contributed by atoms with van der Waals surface area (Å²) >= 11 is 1.20. The van der Waals surface area contributed by atoms with Gasteiger partial charge in [0.25, 0.3) is 0 Å². The van der Waals surface area contributed by atoms with Gasteiger partial charge in [0.05, 0.1) is 13.2 Å². The molecular formula is C16H18O5S. The number of carbonyl (C=O) groups is 1. The van der Waals surface area contributed by atoms with Crippen LogP contribution >= 0.6 is 11.3 Å². The van der Waals surface area contributed by atoms with Crippen LogP contribution in [0.2, 0.25) is 0 Å². The minimum Gasteiger partial charge on any atom is -0.490 e. The van der Waals surface area contributed by atoms with Crippen LogP contribution in [0.25, 0.3) is 10.1 Å². The van der Waals surface area contributed by atoms with Gasteiger partial charge >= 0.3 is 5.97 Å². The molecule has 0 bridgehead atoms. The molecule has 0 atom stereocenters. The maximum Gasteiger partial charge on any atom is 0.305 e. The molecule has 1 heterocycles. The van der Waals surface area contributed by atoms with Crippen molar-refractivity contribution in [2.75, 3.05) is 26.4 Å². The lowest BCUT2D eigenvalue weighted by atomic mass is 10.2. The number of benzene rings is 1. The zero-order chi connectivity index (χ0) is 15.8. The number of hydrogen-bond acceptors (Lipinski definition) is 6. The van der Waals surface area contributed by atoms with Crippen molar-refractivity contribution in [3.8, 4) is 5.75 Å². The van der Waals surface area contributed by atoms with Crippen LogP contribution in [0, 0.1) is 0 Å². The number of rotatable bonds is 8. The van der Waals surface area contributed by atoms with Crippen LogP contribution in [0.1, 0.15) is 13.3 Å². The maximum atomic E-state index is 11.6. The van der Waals surface area contributed by atoms with Crippen molar-refractivity contribution in [2.45, 2.75) is 13.3 Å². The zero-order valence-corrected chi connectivity index (χ0v) is 13.2. The van der Waals surface area contributed by atoms with E-state index in [-0.39, 0.29) is 17.3 Å². The van der Waals surface area contributed by atoms with Crippen LogP contribution in [0.4, 0.5) is 0 Å². The highest BCUT2D eigenvalue weighted by atomic mass is 32.1. The van der Waals surface area contributed by atoms with E-state index in [0.717, 1.165) is 10.1 Å². The predicted molar refractivity (Wildman–Crippen MR) is 85.7 cm³/mol. The molecule has 0 saturated carbocycles. The van der Waals surface area contributed by atoms with Crippen molar-refractivity contribution >= 4 is 27.4 Å². The van der Waals surface area contributed by atoms with E-state index in [9.17, 15) is 9.59 Å². The van der Waals surface area contributed by atoms with Crippen molar-refractivity contribution in [2.24, 2.45) is 0 Å². The lowest BCUT2D eigenvalue weighted by Gasteiger charge is -2.09. The highest BCUT2D eigenvalue weighted by Gasteiger charge is 2.04. The first-order valence-corrected chi connectivity index (χ1v) is 7.91. The molecule has 0 saturated heterocycles. The molecule has 1 aromatic carbocycles. The third kappa shape index (κ3) is 4.82. The quantitative estimate of drug-likeness (QED) is 0.552. The van der Waals surface area contributed by atoms with Gasteiger partial charge in [-0.05, 0) is 12.1 Å². The summed E-state index contributed by atoms with van der Waals surface area (Å²) in [5.41, 5.74) is 0. The van der Waals surface area contributed by atoms with E-state index < -0.39 is 0 Å². The van der Waals surface area contributed by atoms with E-state index >= 15 is 0 Å². The number of hydrogen-bond donors (Lipinski definition) is 0. The first kappa shape index (κ1) is 16.5. The summed E-state index contributed by atoms with van der Waals surface area (Å²) in [7, 11) is 0. The molecule has 0 radical (unpaired) electrons. The molecule has 6 heteroatoms. The largest absolute Gasteiger partial charge is 0.490 e. The molecule has 0 spiro atoms. The summed E-state index contributed by atoms with van der Waals surface area (Å²) in [5, 5.41) is 0.920. The van der Waals surface area contributed by atoms with Gasteiger partial charge in [0.15, 0.2) is 0 Å². The van der Waals surface area contributed by atoms with Crippen LogP contribution < -0.4 is 9.48 Å². The van der Waals surface area contributed by atoms with Gasteiger partial charge in [0, 0.05) is 22.6 Å². The molecule has 22 heavy (non-hydrogen) atoms. The van der Waals surface area contributed by atoms with E-state index in [1.54, 1.807) is 6.92 Å². The first-order valence-electron chi connectivity index (χ1n) is 7.09. The van der Waals surface area contributed by atoms with Crippen molar-refractivity contribution in [1.29, 1.82) is 0 Å². The van der Waals surface area contributed by atoms with Crippen molar-refractivity contribution in [1.82, 2.24) is 0 Å². The second-order valence-corrected chi connectivity index (χ2v) is 5.51. The Balaban J connectivity index is 1.78. The summed E-state index contributed by atoms with van der Waals surface area (Å²) in [6, 6.07) is 9.11. The number of ether oxygens (including phenoxy) is 3. The molecule has 0 fully saturated rings. The molecule has 0 aliphatic carbocycles. The Morgan fingerprint density at radius 2 is 1.91 bits per heavy atom.